The minimum atomic E-state index is 0.279. The van der Waals surface area contributed by atoms with Gasteiger partial charge in [-0.1, -0.05) is 0 Å². The summed E-state index contributed by atoms with van der Waals surface area (Å²) in [4.78, 5) is 0. The highest BCUT2D eigenvalue weighted by atomic mass is 16.7. The summed E-state index contributed by atoms with van der Waals surface area (Å²) in [6.07, 6.45) is 5.97. The number of aromatic nitrogens is 2. The molecule has 0 aliphatic carbocycles. The number of rotatable bonds is 2. The molecule has 0 atom stereocenters. The lowest BCUT2D eigenvalue weighted by molar-refractivity contribution is -0.594. The van der Waals surface area contributed by atoms with E-state index in [4.69, 9.17) is 18.9 Å². The minimum absolute atomic E-state index is 0.279. The van der Waals surface area contributed by atoms with Crippen molar-refractivity contribution in [1.82, 2.24) is 4.57 Å². The molecule has 23 heavy (non-hydrogen) atoms. The highest BCUT2D eigenvalue weighted by Gasteiger charge is 2.18. The second-order valence-electron chi connectivity index (χ2n) is 5.30. The van der Waals surface area contributed by atoms with Crippen molar-refractivity contribution in [3.63, 3.8) is 0 Å². The van der Waals surface area contributed by atoms with E-state index in [1.165, 1.54) is 0 Å². The maximum Gasteiger partial charge on any atom is 0.254 e. The quantitative estimate of drug-likeness (QED) is 0.681. The maximum absolute atomic E-state index is 5.43. The van der Waals surface area contributed by atoms with E-state index in [0.29, 0.717) is 0 Å². The molecular weight excluding hydrogens is 296 g/mol. The average molecular weight is 309 g/mol. The van der Waals surface area contributed by atoms with Crippen LogP contribution < -0.4 is 23.5 Å². The molecule has 0 fully saturated rings. The van der Waals surface area contributed by atoms with Crippen LogP contribution >= 0.6 is 0 Å². The lowest BCUT2D eigenvalue weighted by Crippen LogP contribution is -2.27. The molecule has 2 aliphatic heterocycles. The van der Waals surface area contributed by atoms with Crippen LogP contribution in [-0.2, 0) is 0 Å². The van der Waals surface area contributed by atoms with E-state index in [2.05, 4.69) is 0 Å². The van der Waals surface area contributed by atoms with Gasteiger partial charge in [0, 0.05) is 12.1 Å². The van der Waals surface area contributed by atoms with E-state index in [9.17, 15) is 0 Å². The summed E-state index contributed by atoms with van der Waals surface area (Å²) in [5.41, 5.74) is 2.02. The summed E-state index contributed by atoms with van der Waals surface area (Å²) in [5.74, 6) is 3.10. The van der Waals surface area contributed by atoms with Gasteiger partial charge < -0.3 is 18.9 Å². The molecule has 1 aromatic heterocycles. The maximum atomic E-state index is 5.43. The Kier molecular flexibility index (Phi) is 2.52. The van der Waals surface area contributed by atoms with Crippen LogP contribution in [0, 0.1) is 0 Å². The standard InChI is InChI=1S/C17H13N2O4/c1-3-14-16(22-10-20-14)7-12(1)18-5-6-19(9-18)13-2-4-15-17(8-13)23-11-21-15/h1-9H,10-11H2/q+1. The third-order valence-electron chi connectivity index (χ3n) is 3.95. The number of hydrogen-bond donors (Lipinski definition) is 0. The van der Waals surface area contributed by atoms with Crippen LogP contribution in [-0.4, -0.2) is 18.2 Å². The summed E-state index contributed by atoms with van der Waals surface area (Å²) >= 11 is 0. The van der Waals surface area contributed by atoms with Gasteiger partial charge in [-0.25, -0.2) is 9.13 Å². The average Bonchev–Trinajstić information content (AvgIpc) is 3.32. The zero-order chi connectivity index (χ0) is 15.2. The highest BCUT2D eigenvalue weighted by molar-refractivity contribution is 5.50. The van der Waals surface area contributed by atoms with Crippen LogP contribution in [0.4, 0.5) is 0 Å². The van der Waals surface area contributed by atoms with Crippen LogP contribution in [0.5, 0.6) is 23.0 Å². The SMILES string of the molecule is c1cc2c(cc1-n1cc[n+](-c3ccc4c(c3)OCO4)c1)OCO2. The van der Waals surface area contributed by atoms with Crippen molar-refractivity contribution in [1.29, 1.82) is 0 Å². The summed E-state index contributed by atoms with van der Waals surface area (Å²) < 4.78 is 25.6. The predicted molar refractivity (Wildman–Crippen MR) is 79.5 cm³/mol. The first-order valence-corrected chi connectivity index (χ1v) is 7.26. The number of imidazole rings is 1. The van der Waals surface area contributed by atoms with Gasteiger partial charge in [-0.05, 0) is 24.3 Å². The van der Waals surface area contributed by atoms with E-state index in [0.717, 1.165) is 34.4 Å². The second kappa shape index (κ2) is 4.67. The zero-order valence-corrected chi connectivity index (χ0v) is 12.1. The van der Waals surface area contributed by atoms with E-state index in [-0.39, 0.29) is 13.6 Å². The van der Waals surface area contributed by atoms with Crippen molar-refractivity contribution in [2.24, 2.45) is 0 Å². The first kappa shape index (κ1) is 12.4. The number of ether oxygens (including phenoxy) is 4. The third-order valence-corrected chi connectivity index (χ3v) is 3.95. The smallest absolute Gasteiger partial charge is 0.254 e. The van der Waals surface area contributed by atoms with Crippen molar-refractivity contribution in [2.75, 3.05) is 13.6 Å². The van der Waals surface area contributed by atoms with Gasteiger partial charge in [0.1, 0.15) is 23.8 Å². The molecule has 0 saturated heterocycles. The normalized spacial score (nSPS) is 14.3. The van der Waals surface area contributed by atoms with E-state index in [1.807, 2.05) is 64.3 Å². The van der Waals surface area contributed by atoms with Crippen LogP contribution in [0.1, 0.15) is 0 Å². The molecule has 5 rings (SSSR count). The Labute approximate surface area is 132 Å². The summed E-state index contributed by atoms with van der Waals surface area (Å²) in [5, 5.41) is 0. The summed E-state index contributed by atoms with van der Waals surface area (Å²) in [6, 6.07) is 11.8. The zero-order valence-electron chi connectivity index (χ0n) is 12.1. The molecule has 6 nitrogen and oxygen atoms in total. The Morgan fingerprint density at radius 1 is 0.783 bits per heavy atom. The number of nitrogens with zero attached hydrogens (tertiary/aromatic N) is 2. The lowest BCUT2D eigenvalue weighted by Gasteiger charge is -1.99. The van der Waals surface area contributed by atoms with Crippen molar-refractivity contribution < 1.29 is 23.5 Å². The van der Waals surface area contributed by atoms with Gasteiger partial charge in [-0.3, -0.25) is 0 Å². The van der Waals surface area contributed by atoms with Gasteiger partial charge in [0.2, 0.25) is 13.6 Å². The number of fused-ring (bicyclic) bond motifs is 2. The Balaban J connectivity index is 1.51. The van der Waals surface area contributed by atoms with Crippen molar-refractivity contribution >= 4 is 0 Å². The van der Waals surface area contributed by atoms with E-state index < -0.39 is 0 Å². The third kappa shape index (κ3) is 1.99. The molecule has 6 heteroatoms. The van der Waals surface area contributed by atoms with Crippen molar-refractivity contribution in [3.8, 4) is 34.4 Å². The Bertz CT molecular complexity index is 831. The summed E-state index contributed by atoms with van der Waals surface area (Å²) in [7, 11) is 0. The fourth-order valence-electron chi connectivity index (χ4n) is 2.75. The molecule has 3 aromatic rings. The van der Waals surface area contributed by atoms with Gasteiger partial charge in [0.25, 0.3) is 6.33 Å². The molecule has 0 unspecified atom stereocenters. The van der Waals surface area contributed by atoms with Gasteiger partial charge >= 0.3 is 0 Å². The highest BCUT2D eigenvalue weighted by Crippen LogP contribution is 2.34. The number of benzene rings is 2. The van der Waals surface area contributed by atoms with Crippen LogP contribution in [0.25, 0.3) is 11.4 Å². The van der Waals surface area contributed by atoms with Gasteiger partial charge in [0.15, 0.2) is 23.0 Å². The largest absolute Gasteiger partial charge is 0.454 e. The molecule has 0 saturated carbocycles. The van der Waals surface area contributed by atoms with Crippen molar-refractivity contribution in [2.45, 2.75) is 0 Å². The molecule has 0 amide bonds. The second-order valence-corrected chi connectivity index (χ2v) is 5.30. The Morgan fingerprint density at radius 3 is 2.30 bits per heavy atom. The number of hydrogen-bond acceptors (Lipinski definition) is 4. The molecule has 3 heterocycles. The monoisotopic (exact) mass is 309 g/mol. The fourth-order valence-corrected chi connectivity index (χ4v) is 2.75. The van der Waals surface area contributed by atoms with Gasteiger partial charge in [-0.2, -0.15) is 0 Å². The van der Waals surface area contributed by atoms with Gasteiger partial charge in [0.05, 0.1) is 0 Å². The van der Waals surface area contributed by atoms with E-state index in [1.54, 1.807) is 0 Å². The van der Waals surface area contributed by atoms with Crippen LogP contribution in [0.15, 0.2) is 55.1 Å². The lowest BCUT2D eigenvalue weighted by atomic mass is 10.3. The van der Waals surface area contributed by atoms with Crippen molar-refractivity contribution in [3.05, 3.63) is 55.1 Å². The van der Waals surface area contributed by atoms with E-state index >= 15 is 0 Å². The first-order valence-electron chi connectivity index (χ1n) is 7.26. The molecule has 2 aromatic carbocycles. The van der Waals surface area contributed by atoms with Gasteiger partial charge in [-0.15, -0.1) is 0 Å². The van der Waals surface area contributed by atoms with Crippen LogP contribution in [0.2, 0.25) is 0 Å². The summed E-state index contributed by atoms with van der Waals surface area (Å²) in [6.45, 7) is 0.559. The topological polar surface area (TPSA) is 45.7 Å². The molecule has 0 spiro atoms. The molecular formula is C17H13N2O4+. The predicted octanol–water partition coefficient (Wildman–Crippen LogP) is 2.21. The Hall–Kier alpha value is -3.15. The molecule has 114 valence electrons. The molecule has 0 radical (unpaired) electrons. The fraction of sp³-hybridized carbons (Fsp3) is 0.118. The Morgan fingerprint density at radius 2 is 1.48 bits per heavy atom. The minimum Gasteiger partial charge on any atom is -0.454 e. The molecule has 0 bridgehead atoms. The first-order chi connectivity index (χ1) is 11.4. The molecule has 2 aliphatic rings. The molecule has 0 N–H and O–H groups in total. The van der Waals surface area contributed by atoms with Crippen LogP contribution in [0.3, 0.4) is 0 Å².